The zero-order valence-electron chi connectivity index (χ0n) is 18.6. The van der Waals surface area contributed by atoms with Crippen molar-refractivity contribution in [2.45, 2.75) is 25.7 Å². The smallest absolute Gasteiger partial charge is 0.416 e. The van der Waals surface area contributed by atoms with E-state index in [0.717, 1.165) is 41.9 Å². The van der Waals surface area contributed by atoms with Crippen molar-refractivity contribution in [3.8, 4) is 28.6 Å². The molecule has 0 saturated carbocycles. The van der Waals surface area contributed by atoms with Crippen molar-refractivity contribution in [2.24, 2.45) is 0 Å². The Kier molecular flexibility index (Phi) is 6.42. The summed E-state index contributed by atoms with van der Waals surface area (Å²) in [5.41, 5.74) is 2.82. The van der Waals surface area contributed by atoms with Crippen molar-refractivity contribution in [1.82, 2.24) is 14.9 Å². The Balaban J connectivity index is 1.50. The van der Waals surface area contributed by atoms with E-state index in [1.165, 1.54) is 12.1 Å². The van der Waals surface area contributed by atoms with Crippen LogP contribution in [0, 0.1) is 0 Å². The molecule has 4 rings (SSSR count). The summed E-state index contributed by atoms with van der Waals surface area (Å²) in [7, 11) is 4.74. The first-order valence-corrected chi connectivity index (χ1v) is 10.4. The normalized spacial score (nSPS) is 14.0. The van der Waals surface area contributed by atoms with Crippen molar-refractivity contribution < 1.29 is 27.4 Å². The van der Waals surface area contributed by atoms with Gasteiger partial charge in [-0.15, -0.1) is 0 Å². The molecule has 33 heavy (non-hydrogen) atoms. The van der Waals surface area contributed by atoms with Crippen molar-refractivity contribution in [2.75, 3.05) is 27.9 Å². The monoisotopic (exact) mass is 459 g/mol. The van der Waals surface area contributed by atoms with E-state index >= 15 is 0 Å². The lowest BCUT2D eigenvalue weighted by atomic mass is 10.0. The van der Waals surface area contributed by atoms with Gasteiger partial charge in [-0.05, 0) is 29.8 Å². The van der Waals surface area contributed by atoms with Crippen LogP contribution in [0.25, 0.3) is 11.4 Å². The molecule has 0 N–H and O–H groups in total. The van der Waals surface area contributed by atoms with Gasteiger partial charge in [-0.3, -0.25) is 4.90 Å². The molecule has 1 aliphatic heterocycles. The van der Waals surface area contributed by atoms with Crippen LogP contribution in [0.2, 0.25) is 0 Å². The summed E-state index contributed by atoms with van der Waals surface area (Å²) in [5.74, 6) is 2.19. The first-order valence-electron chi connectivity index (χ1n) is 10.4. The minimum Gasteiger partial charge on any atom is -0.493 e. The molecule has 0 bridgehead atoms. The molecule has 0 radical (unpaired) electrons. The summed E-state index contributed by atoms with van der Waals surface area (Å²) in [6.07, 6.45) is -1.89. The summed E-state index contributed by atoms with van der Waals surface area (Å²) in [6.45, 7) is 2.13. The minimum absolute atomic E-state index is 0.431. The van der Waals surface area contributed by atoms with Crippen LogP contribution in [-0.2, 0) is 25.7 Å². The van der Waals surface area contributed by atoms with Crippen LogP contribution in [-0.4, -0.2) is 42.7 Å². The number of nitrogens with zero attached hydrogens (tertiary/aromatic N) is 3. The molecular formula is C24H24F3N3O3. The van der Waals surface area contributed by atoms with Crippen molar-refractivity contribution in [1.29, 1.82) is 0 Å². The Morgan fingerprint density at radius 2 is 1.64 bits per heavy atom. The van der Waals surface area contributed by atoms with E-state index in [2.05, 4.69) is 14.9 Å². The highest BCUT2D eigenvalue weighted by Crippen LogP contribution is 2.38. The van der Waals surface area contributed by atoms with Crippen LogP contribution in [0.15, 0.2) is 42.6 Å². The quantitative estimate of drug-likeness (QED) is 0.531. The maximum absolute atomic E-state index is 12.8. The van der Waals surface area contributed by atoms with Crippen LogP contribution in [0.4, 0.5) is 13.2 Å². The van der Waals surface area contributed by atoms with E-state index in [0.29, 0.717) is 41.7 Å². The maximum Gasteiger partial charge on any atom is 0.416 e. The molecule has 2 aromatic carbocycles. The topological polar surface area (TPSA) is 56.7 Å². The Morgan fingerprint density at radius 1 is 0.970 bits per heavy atom. The molecule has 0 aliphatic carbocycles. The third-order valence-electron chi connectivity index (χ3n) is 5.61. The highest BCUT2D eigenvalue weighted by atomic mass is 19.4. The predicted molar refractivity (Wildman–Crippen MR) is 116 cm³/mol. The molecule has 0 unspecified atom stereocenters. The van der Waals surface area contributed by atoms with E-state index in [9.17, 15) is 13.2 Å². The van der Waals surface area contributed by atoms with Crippen LogP contribution >= 0.6 is 0 Å². The van der Waals surface area contributed by atoms with Crippen LogP contribution in [0.5, 0.6) is 17.2 Å². The SMILES string of the molecule is COc1cc(CN2CCc3nc(-c4ccc(C(F)(F)F)cc4)ncc3C2)cc(OC)c1OC. The lowest BCUT2D eigenvalue weighted by molar-refractivity contribution is -0.137. The fraction of sp³-hybridized carbons (Fsp3) is 0.333. The number of benzene rings is 2. The van der Waals surface area contributed by atoms with Gasteiger partial charge in [-0.25, -0.2) is 9.97 Å². The number of aromatic nitrogens is 2. The molecule has 0 spiro atoms. The van der Waals surface area contributed by atoms with Gasteiger partial charge in [0.1, 0.15) is 0 Å². The summed E-state index contributed by atoms with van der Waals surface area (Å²) in [6, 6.07) is 8.78. The average molecular weight is 459 g/mol. The molecule has 0 saturated heterocycles. The Labute approximate surface area is 189 Å². The van der Waals surface area contributed by atoms with Gasteiger partial charge in [0.15, 0.2) is 17.3 Å². The number of hydrogen-bond acceptors (Lipinski definition) is 6. The molecule has 2 heterocycles. The van der Waals surface area contributed by atoms with Gasteiger partial charge in [-0.1, -0.05) is 12.1 Å². The van der Waals surface area contributed by atoms with Gasteiger partial charge in [0.2, 0.25) is 5.75 Å². The van der Waals surface area contributed by atoms with Gasteiger partial charge in [0, 0.05) is 43.4 Å². The van der Waals surface area contributed by atoms with E-state index in [-0.39, 0.29) is 0 Å². The molecule has 0 fully saturated rings. The lowest BCUT2D eigenvalue weighted by Crippen LogP contribution is -2.31. The minimum atomic E-state index is -4.36. The third kappa shape index (κ3) is 4.88. The first kappa shape index (κ1) is 22.8. The van der Waals surface area contributed by atoms with Gasteiger partial charge >= 0.3 is 6.18 Å². The highest BCUT2D eigenvalue weighted by Gasteiger charge is 2.30. The first-order chi connectivity index (χ1) is 15.8. The third-order valence-corrected chi connectivity index (χ3v) is 5.61. The molecular weight excluding hydrogens is 435 g/mol. The molecule has 0 atom stereocenters. The number of methoxy groups -OCH3 is 3. The predicted octanol–water partition coefficient (Wildman–Crippen LogP) is 4.75. The molecule has 0 amide bonds. The number of alkyl halides is 3. The van der Waals surface area contributed by atoms with Gasteiger partial charge in [0.25, 0.3) is 0 Å². The van der Waals surface area contributed by atoms with Gasteiger partial charge in [0.05, 0.1) is 32.6 Å². The van der Waals surface area contributed by atoms with Crippen LogP contribution in [0.1, 0.15) is 22.4 Å². The van der Waals surface area contributed by atoms with Crippen molar-refractivity contribution in [3.05, 3.63) is 65.0 Å². The fourth-order valence-corrected chi connectivity index (χ4v) is 3.94. The van der Waals surface area contributed by atoms with Crippen molar-refractivity contribution >= 4 is 0 Å². The van der Waals surface area contributed by atoms with Gasteiger partial charge < -0.3 is 14.2 Å². The van der Waals surface area contributed by atoms with E-state index in [1.54, 1.807) is 27.5 Å². The van der Waals surface area contributed by atoms with Crippen LogP contribution in [0.3, 0.4) is 0 Å². The fourth-order valence-electron chi connectivity index (χ4n) is 3.94. The van der Waals surface area contributed by atoms with E-state index in [4.69, 9.17) is 14.2 Å². The Bertz CT molecular complexity index is 1110. The zero-order valence-corrected chi connectivity index (χ0v) is 18.6. The zero-order chi connectivity index (χ0) is 23.6. The van der Waals surface area contributed by atoms with E-state index in [1.807, 2.05) is 12.1 Å². The van der Waals surface area contributed by atoms with Crippen LogP contribution < -0.4 is 14.2 Å². The summed E-state index contributed by atoms with van der Waals surface area (Å²) >= 11 is 0. The number of halogens is 3. The second-order valence-corrected chi connectivity index (χ2v) is 7.73. The second-order valence-electron chi connectivity index (χ2n) is 7.73. The number of ether oxygens (including phenoxy) is 3. The number of fused-ring (bicyclic) bond motifs is 1. The molecule has 3 aromatic rings. The molecule has 9 heteroatoms. The number of rotatable bonds is 6. The Morgan fingerprint density at radius 3 is 2.21 bits per heavy atom. The summed E-state index contributed by atoms with van der Waals surface area (Å²) in [5, 5.41) is 0. The largest absolute Gasteiger partial charge is 0.493 e. The Hall–Kier alpha value is -3.33. The lowest BCUT2D eigenvalue weighted by Gasteiger charge is -2.28. The maximum atomic E-state index is 12.8. The standard InChI is InChI=1S/C24H24F3N3O3/c1-31-20-10-15(11-21(32-2)22(20)33-3)13-30-9-8-19-17(14-30)12-28-23(29-19)16-4-6-18(7-5-16)24(25,26)27/h4-7,10-12H,8-9,13-14H2,1-3H3. The highest BCUT2D eigenvalue weighted by molar-refractivity contribution is 5.56. The molecule has 1 aromatic heterocycles. The summed E-state index contributed by atoms with van der Waals surface area (Å²) < 4.78 is 54.7. The number of hydrogen-bond donors (Lipinski definition) is 0. The second kappa shape index (κ2) is 9.27. The van der Waals surface area contributed by atoms with Gasteiger partial charge in [-0.2, -0.15) is 13.2 Å². The van der Waals surface area contributed by atoms with E-state index < -0.39 is 11.7 Å². The van der Waals surface area contributed by atoms with Crippen molar-refractivity contribution in [3.63, 3.8) is 0 Å². The molecule has 1 aliphatic rings. The molecule has 174 valence electrons. The average Bonchev–Trinajstić information content (AvgIpc) is 2.82. The molecule has 6 nitrogen and oxygen atoms in total. The summed E-state index contributed by atoms with van der Waals surface area (Å²) in [4.78, 5) is 11.3.